The van der Waals surface area contributed by atoms with Crippen molar-refractivity contribution in [2.75, 3.05) is 33.3 Å². The molecule has 0 aromatic rings. The Bertz CT molecular complexity index is 181. The van der Waals surface area contributed by atoms with E-state index < -0.39 is 0 Å². The highest BCUT2D eigenvalue weighted by atomic mass is 16.5. The van der Waals surface area contributed by atoms with Gasteiger partial charge in [-0.05, 0) is 59.2 Å². The summed E-state index contributed by atoms with van der Waals surface area (Å²) in [7, 11) is 2.23. The second kappa shape index (κ2) is 8.90. The summed E-state index contributed by atoms with van der Waals surface area (Å²) in [6, 6.07) is 0.666. The zero-order valence-electron chi connectivity index (χ0n) is 11.9. The summed E-state index contributed by atoms with van der Waals surface area (Å²) in [6.07, 6.45) is 6.85. The summed E-state index contributed by atoms with van der Waals surface area (Å²) in [5, 5.41) is 3.38. The Morgan fingerprint density at radius 2 is 2.24 bits per heavy atom. The van der Waals surface area contributed by atoms with Gasteiger partial charge in [0.25, 0.3) is 0 Å². The van der Waals surface area contributed by atoms with Crippen molar-refractivity contribution in [2.45, 2.75) is 58.1 Å². The van der Waals surface area contributed by atoms with Gasteiger partial charge >= 0.3 is 0 Å². The minimum atomic E-state index is 0.477. The van der Waals surface area contributed by atoms with Crippen molar-refractivity contribution < 1.29 is 4.74 Å². The second-order valence-corrected chi connectivity index (χ2v) is 5.27. The van der Waals surface area contributed by atoms with Crippen molar-refractivity contribution in [3.05, 3.63) is 0 Å². The quantitative estimate of drug-likeness (QED) is 0.661. The first kappa shape index (κ1) is 14.9. The second-order valence-electron chi connectivity index (χ2n) is 5.27. The average molecular weight is 242 g/mol. The first-order chi connectivity index (χ1) is 8.24. The van der Waals surface area contributed by atoms with Gasteiger partial charge in [0, 0.05) is 19.2 Å². The van der Waals surface area contributed by atoms with Crippen LogP contribution in [0.15, 0.2) is 0 Å². The molecular formula is C14H30N2O. The van der Waals surface area contributed by atoms with Gasteiger partial charge in [-0.25, -0.2) is 0 Å². The maximum Gasteiger partial charge on any atom is 0.0702 e. The van der Waals surface area contributed by atoms with Crippen molar-refractivity contribution in [1.82, 2.24) is 10.2 Å². The first-order valence-corrected chi connectivity index (χ1v) is 7.26. The molecule has 1 aliphatic heterocycles. The summed E-state index contributed by atoms with van der Waals surface area (Å²) in [6.45, 7) is 8.79. The van der Waals surface area contributed by atoms with Crippen molar-refractivity contribution in [3.63, 3.8) is 0 Å². The van der Waals surface area contributed by atoms with Crippen LogP contribution >= 0.6 is 0 Å². The van der Waals surface area contributed by atoms with E-state index in [4.69, 9.17) is 4.74 Å². The fourth-order valence-electron chi connectivity index (χ4n) is 2.37. The maximum atomic E-state index is 5.79. The maximum absolute atomic E-state index is 5.79. The van der Waals surface area contributed by atoms with Gasteiger partial charge in [0.15, 0.2) is 0 Å². The lowest BCUT2D eigenvalue weighted by Gasteiger charge is -2.31. The number of nitrogens with zero attached hydrogens (tertiary/aromatic N) is 1. The summed E-state index contributed by atoms with van der Waals surface area (Å²) >= 11 is 0. The molecule has 0 aliphatic carbocycles. The smallest absolute Gasteiger partial charge is 0.0702 e. The zero-order chi connectivity index (χ0) is 12.5. The molecule has 0 aromatic carbocycles. The van der Waals surface area contributed by atoms with Crippen LogP contribution in [0.2, 0.25) is 0 Å². The molecule has 0 spiro atoms. The van der Waals surface area contributed by atoms with Gasteiger partial charge in [-0.1, -0.05) is 6.92 Å². The molecule has 3 heteroatoms. The molecule has 1 N–H and O–H groups in total. The van der Waals surface area contributed by atoms with E-state index in [1.54, 1.807) is 0 Å². The normalized spacial score (nSPS) is 22.9. The van der Waals surface area contributed by atoms with Gasteiger partial charge in [0.05, 0.1) is 6.10 Å². The van der Waals surface area contributed by atoms with E-state index >= 15 is 0 Å². The Hall–Kier alpha value is -0.120. The predicted molar refractivity (Wildman–Crippen MR) is 73.5 cm³/mol. The monoisotopic (exact) mass is 242 g/mol. The van der Waals surface area contributed by atoms with Gasteiger partial charge in [0.2, 0.25) is 0 Å². The van der Waals surface area contributed by atoms with Crippen LogP contribution in [0, 0.1) is 0 Å². The Labute approximate surface area is 107 Å². The summed E-state index contributed by atoms with van der Waals surface area (Å²) in [5.41, 5.74) is 0. The highest BCUT2D eigenvalue weighted by Gasteiger charge is 2.18. The third kappa shape index (κ3) is 6.39. The van der Waals surface area contributed by atoms with E-state index in [2.05, 4.69) is 31.1 Å². The largest absolute Gasteiger partial charge is 0.377 e. The van der Waals surface area contributed by atoms with Crippen molar-refractivity contribution in [1.29, 1.82) is 0 Å². The topological polar surface area (TPSA) is 24.5 Å². The Morgan fingerprint density at radius 1 is 1.41 bits per heavy atom. The van der Waals surface area contributed by atoms with Gasteiger partial charge in [-0.15, -0.1) is 0 Å². The minimum absolute atomic E-state index is 0.477. The minimum Gasteiger partial charge on any atom is -0.377 e. The van der Waals surface area contributed by atoms with Crippen molar-refractivity contribution >= 4 is 0 Å². The third-order valence-electron chi connectivity index (χ3n) is 3.74. The number of nitrogens with one attached hydrogen (secondary N) is 1. The molecular weight excluding hydrogens is 212 g/mol. The molecule has 3 nitrogen and oxygen atoms in total. The molecule has 0 amide bonds. The first-order valence-electron chi connectivity index (χ1n) is 7.26. The Kier molecular flexibility index (Phi) is 7.82. The zero-order valence-corrected chi connectivity index (χ0v) is 11.9. The van der Waals surface area contributed by atoms with Gasteiger partial charge in [-0.3, -0.25) is 0 Å². The van der Waals surface area contributed by atoms with Crippen LogP contribution in [0.3, 0.4) is 0 Å². The number of ether oxygens (including phenoxy) is 1. The number of likely N-dealkylation sites (N-methyl/N-ethyl adjacent to an activating group) is 1. The van der Waals surface area contributed by atoms with E-state index in [0.29, 0.717) is 12.1 Å². The molecule has 102 valence electrons. The predicted octanol–water partition coefficient (Wildman–Crippen LogP) is 2.27. The van der Waals surface area contributed by atoms with Crippen LogP contribution in [0.4, 0.5) is 0 Å². The van der Waals surface area contributed by atoms with Crippen molar-refractivity contribution in [2.24, 2.45) is 0 Å². The molecule has 1 aliphatic rings. The van der Waals surface area contributed by atoms with Crippen LogP contribution in [-0.4, -0.2) is 50.3 Å². The lowest BCUT2D eigenvalue weighted by molar-refractivity contribution is -0.00757. The van der Waals surface area contributed by atoms with Crippen LogP contribution in [0.5, 0.6) is 0 Å². The highest BCUT2D eigenvalue weighted by molar-refractivity contribution is 4.71. The molecule has 2 unspecified atom stereocenters. The lowest BCUT2D eigenvalue weighted by atomic mass is 10.1. The lowest BCUT2D eigenvalue weighted by Crippen LogP contribution is -2.38. The van der Waals surface area contributed by atoms with Gasteiger partial charge in [-0.2, -0.15) is 0 Å². The molecule has 0 radical (unpaired) electrons. The SMILES string of the molecule is CCNCCCC(C)N(C)CC1CCCCO1. The number of hydrogen-bond acceptors (Lipinski definition) is 3. The van der Waals surface area contributed by atoms with E-state index in [0.717, 1.165) is 26.2 Å². The fourth-order valence-corrected chi connectivity index (χ4v) is 2.37. The number of rotatable bonds is 8. The molecule has 0 bridgehead atoms. The Morgan fingerprint density at radius 3 is 2.88 bits per heavy atom. The number of hydrogen-bond donors (Lipinski definition) is 1. The summed E-state index contributed by atoms with van der Waals surface area (Å²) in [4.78, 5) is 2.46. The summed E-state index contributed by atoms with van der Waals surface area (Å²) in [5.74, 6) is 0. The van der Waals surface area contributed by atoms with E-state index in [1.807, 2.05) is 0 Å². The summed E-state index contributed by atoms with van der Waals surface area (Å²) < 4.78 is 5.79. The molecule has 1 rings (SSSR count). The Balaban J connectivity index is 2.10. The third-order valence-corrected chi connectivity index (χ3v) is 3.74. The van der Waals surface area contributed by atoms with E-state index in [-0.39, 0.29) is 0 Å². The molecule has 2 atom stereocenters. The molecule has 17 heavy (non-hydrogen) atoms. The molecule has 1 saturated heterocycles. The fraction of sp³-hybridized carbons (Fsp3) is 1.00. The molecule has 1 heterocycles. The van der Waals surface area contributed by atoms with Crippen LogP contribution < -0.4 is 5.32 Å². The molecule has 1 fully saturated rings. The highest BCUT2D eigenvalue weighted by Crippen LogP contribution is 2.15. The van der Waals surface area contributed by atoms with Gasteiger partial charge in [0.1, 0.15) is 0 Å². The standard InChI is InChI=1S/C14H30N2O/c1-4-15-10-7-8-13(2)16(3)12-14-9-5-6-11-17-14/h13-15H,4-12H2,1-3H3. The van der Waals surface area contributed by atoms with Crippen LogP contribution in [-0.2, 0) is 4.74 Å². The van der Waals surface area contributed by atoms with Crippen molar-refractivity contribution in [3.8, 4) is 0 Å². The van der Waals surface area contributed by atoms with Gasteiger partial charge < -0.3 is 15.0 Å². The molecule has 0 saturated carbocycles. The molecule has 0 aromatic heterocycles. The van der Waals surface area contributed by atoms with Crippen LogP contribution in [0.1, 0.15) is 46.0 Å². The van der Waals surface area contributed by atoms with Crippen LogP contribution in [0.25, 0.3) is 0 Å². The van der Waals surface area contributed by atoms with E-state index in [9.17, 15) is 0 Å². The average Bonchev–Trinajstić information content (AvgIpc) is 2.35. The van der Waals surface area contributed by atoms with E-state index in [1.165, 1.54) is 32.1 Å².